The number of hydrogen-bond donors (Lipinski definition) is 1. The zero-order valence-corrected chi connectivity index (χ0v) is 15.2. The predicted octanol–water partition coefficient (Wildman–Crippen LogP) is 3.33. The molecule has 2 amide bonds. The zero-order chi connectivity index (χ0) is 19.1. The van der Waals surface area contributed by atoms with Crippen molar-refractivity contribution in [2.75, 3.05) is 13.1 Å². The van der Waals surface area contributed by atoms with Gasteiger partial charge in [0.2, 0.25) is 5.91 Å². The van der Waals surface area contributed by atoms with Crippen molar-refractivity contribution in [3.05, 3.63) is 71.8 Å². The van der Waals surface area contributed by atoms with Crippen molar-refractivity contribution in [1.29, 1.82) is 0 Å². The maximum Gasteiger partial charge on any atom is 0.407 e. The minimum atomic E-state index is -0.995. The third-order valence-electron chi connectivity index (χ3n) is 4.75. The maximum atomic E-state index is 12.4. The van der Waals surface area contributed by atoms with E-state index in [1.54, 1.807) is 0 Å². The van der Waals surface area contributed by atoms with E-state index in [0.717, 1.165) is 17.5 Å². The number of hydrogen-bond acceptors (Lipinski definition) is 3. The molecule has 1 saturated heterocycles. The first-order chi connectivity index (χ1) is 13.1. The molecule has 2 aromatic rings. The van der Waals surface area contributed by atoms with Gasteiger partial charge in [-0.1, -0.05) is 60.7 Å². The summed E-state index contributed by atoms with van der Waals surface area (Å²) in [4.78, 5) is 31.2. The Morgan fingerprint density at radius 3 is 2.30 bits per heavy atom. The topological polar surface area (TPSA) is 70.1 Å². The quantitative estimate of drug-likeness (QED) is 0.849. The average Bonchev–Trinajstić information content (AvgIpc) is 2.85. The molecule has 0 bridgehead atoms. The second-order valence-electron chi connectivity index (χ2n) is 6.62. The minimum Gasteiger partial charge on any atom is -0.465 e. The summed E-state index contributed by atoms with van der Waals surface area (Å²) in [5.41, 5.74) is 2.11. The first-order valence-electron chi connectivity index (χ1n) is 9.14. The van der Waals surface area contributed by atoms with Crippen molar-refractivity contribution in [2.45, 2.75) is 31.9 Å². The van der Waals surface area contributed by atoms with E-state index in [1.165, 1.54) is 9.96 Å². The highest BCUT2D eigenvalue weighted by Gasteiger charge is 2.32. The monoisotopic (exact) mass is 368 g/mol. The van der Waals surface area contributed by atoms with Crippen molar-refractivity contribution >= 4 is 12.0 Å². The highest BCUT2D eigenvalue weighted by atomic mass is 16.7. The Morgan fingerprint density at radius 1 is 1.04 bits per heavy atom. The van der Waals surface area contributed by atoms with E-state index in [-0.39, 0.29) is 38.1 Å². The van der Waals surface area contributed by atoms with E-state index < -0.39 is 6.09 Å². The summed E-state index contributed by atoms with van der Waals surface area (Å²) in [6.45, 7) is 0.717. The van der Waals surface area contributed by atoms with Crippen LogP contribution in [0.4, 0.5) is 4.79 Å². The summed E-state index contributed by atoms with van der Waals surface area (Å²) in [6, 6.07) is 19.2. The van der Waals surface area contributed by atoms with Crippen LogP contribution in [0.5, 0.6) is 0 Å². The molecule has 0 aliphatic carbocycles. The Kier molecular flexibility index (Phi) is 6.44. The van der Waals surface area contributed by atoms with Gasteiger partial charge in [-0.3, -0.25) is 9.63 Å². The van der Waals surface area contributed by atoms with Gasteiger partial charge in [-0.25, -0.2) is 9.86 Å². The number of aryl methyl sites for hydroxylation is 1. The van der Waals surface area contributed by atoms with Gasteiger partial charge in [0.15, 0.2) is 0 Å². The Labute approximate surface area is 158 Å². The highest BCUT2D eigenvalue weighted by Crippen LogP contribution is 2.18. The van der Waals surface area contributed by atoms with Crippen molar-refractivity contribution in [2.24, 2.45) is 0 Å². The number of nitrogens with zero attached hydrogens (tertiary/aromatic N) is 2. The summed E-state index contributed by atoms with van der Waals surface area (Å²) >= 11 is 0. The maximum absolute atomic E-state index is 12.4. The summed E-state index contributed by atoms with van der Waals surface area (Å²) in [5.74, 6) is -0.181. The molecule has 1 atom stereocenters. The Bertz CT molecular complexity index is 751. The SMILES string of the molecule is O=C1CCN(C(=O)O)[C@H](CCc2ccccc2)CN1OCc1ccccc1. The number of benzene rings is 2. The molecule has 6 nitrogen and oxygen atoms in total. The number of amides is 2. The van der Waals surface area contributed by atoms with Crippen LogP contribution >= 0.6 is 0 Å². The Hall–Kier alpha value is -2.86. The molecule has 142 valence electrons. The number of carbonyl (C=O) groups is 2. The third kappa shape index (κ3) is 5.31. The van der Waals surface area contributed by atoms with Crippen LogP contribution in [-0.4, -0.2) is 46.2 Å². The van der Waals surface area contributed by atoms with Gasteiger partial charge in [-0.2, -0.15) is 0 Å². The molecule has 0 unspecified atom stereocenters. The lowest BCUT2D eigenvalue weighted by molar-refractivity contribution is -0.192. The molecule has 0 aromatic heterocycles. The number of carbonyl (C=O) groups excluding carboxylic acids is 1. The van der Waals surface area contributed by atoms with E-state index in [1.807, 2.05) is 60.7 Å². The van der Waals surface area contributed by atoms with Gasteiger partial charge in [0.25, 0.3) is 0 Å². The van der Waals surface area contributed by atoms with Crippen LogP contribution in [-0.2, 0) is 22.7 Å². The fourth-order valence-electron chi connectivity index (χ4n) is 3.24. The van der Waals surface area contributed by atoms with Gasteiger partial charge in [0.1, 0.15) is 6.61 Å². The molecular formula is C21H24N2O4. The molecule has 1 aliphatic heterocycles. The van der Waals surface area contributed by atoms with Crippen molar-refractivity contribution < 1.29 is 19.5 Å². The van der Waals surface area contributed by atoms with E-state index in [2.05, 4.69) is 0 Å². The molecule has 27 heavy (non-hydrogen) atoms. The molecule has 6 heteroatoms. The van der Waals surface area contributed by atoms with Gasteiger partial charge in [-0.05, 0) is 24.0 Å². The largest absolute Gasteiger partial charge is 0.465 e. The van der Waals surface area contributed by atoms with Crippen molar-refractivity contribution in [3.8, 4) is 0 Å². The zero-order valence-electron chi connectivity index (χ0n) is 15.2. The summed E-state index contributed by atoms with van der Waals surface area (Å²) in [5, 5.41) is 10.9. The fourth-order valence-corrected chi connectivity index (χ4v) is 3.24. The third-order valence-corrected chi connectivity index (χ3v) is 4.75. The van der Waals surface area contributed by atoms with Crippen molar-refractivity contribution in [1.82, 2.24) is 9.96 Å². The highest BCUT2D eigenvalue weighted by molar-refractivity contribution is 5.77. The molecule has 1 heterocycles. The van der Waals surface area contributed by atoms with E-state index in [9.17, 15) is 14.7 Å². The van der Waals surface area contributed by atoms with Gasteiger partial charge in [-0.15, -0.1) is 0 Å². The summed E-state index contributed by atoms with van der Waals surface area (Å²) in [6.07, 6.45) is 0.513. The first-order valence-corrected chi connectivity index (χ1v) is 9.14. The van der Waals surface area contributed by atoms with Gasteiger partial charge in [0.05, 0.1) is 12.6 Å². The minimum absolute atomic E-state index is 0.128. The van der Waals surface area contributed by atoms with Crippen LogP contribution in [0.25, 0.3) is 0 Å². The molecule has 0 radical (unpaired) electrons. The van der Waals surface area contributed by atoms with Gasteiger partial charge < -0.3 is 10.0 Å². The molecule has 1 N–H and O–H groups in total. The van der Waals surface area contributed by atoms with Crippen LogP contribution in [0, 0.1) is 0 Å². The summed E-state index contributed by atoms with van der Waals surface area (Å²) < 4.78 is 0. The standard InChI is InChI=1S/C21H24N2O4/c24-20-13-14-22(21(25)26)19(12-11-17-7-3-1-4-8-17)15-23(20)27-16-18-9-5-2-6-10-18/h1-10,19H,11-16H2,(H,25,26)/t19-/m1/s1. The van der Waals surface area contributed by atoms with Crippen LogP contribution in [0.3, 0.4) is 0 Å². The molecule has 0 saturated carbocycles. The first kappa shape index (κ1) is 18.9. The van der Waals surface area contributed by atoms with Crippen LogP contribution in [0.2, 0.25) is 0 Å². The fraction of sp³-hybridized carbons (Fsp3) is 0.333. The van der Waals surface area contributed by atoms with Gasteiger partial charge >= 0.3 is 6.09 Å². The number of hydroxylamine groups is 2. The predicted molar refractivity (Wildman–Crippen MR) is 101 cm³/mol. The second-order valence-corrected chi connectivity index (χ2v) is 6.62. The molecule has 3 rings (SSSR count). The van der Waals surface area contributed by atoms with Crippen LogP contribution in [0.15, 0.2) is 60.7 Å². The van der Waals surface area contributed by atoms with Crippen molar-refractivity contribution in [3.63, 3.8) is 0 Å². The molecular weight excluding hydrogens is 344 g/mol. The Balaban J connectivity index is 1.67. The smallest absolute Gasteiger partial charge is 0.407 e. The normalized spacial score (nSPS) is 17.6. The average molecular weight is 368 g/mol. The van der Waals surface area contributed by atoms with Crippen LogP contribution < -0.4 is 0 Å². The number of rotatable bonds is 6. The Morgan fingerprint density at radius 2 is 1.67 bits per heavy atom. The lowest BCUT2D eigenvalue weighted by Gasteiger charge is -2.29. The van der Waals surface area contributed by atoms with Crippen LogP contribution in [0.1, 0.15) is 24.0 Å². The lowest BCUT2D eigenvalue weighted by atomic mass is 10.0. The molecule has 2 aromatic carbocycles. The van der Waals surface area contributed by atoms with E-state index >= 15 is 0 Å². The lowest BCUT2D eigenvalue weighted by Crippen LogP contribution is -2.44. The number of carboxylic acid groups (broad SMARTS) is 1. The van der Waals surface area contributed by atoms with Gasteiger partial charge in [0, 0.05) is 13.0 Å². The summed E-state index contributed by atoms with van der Waals surface area (Å²) in [7, 11) is 0. The van der Waals surface area contributed by atoms with E-state index in [0.29, 0.717) is 6.42 Å². The molecule has 1 aliphatic rings. The second kappa shape index (κ2) is 9.19. The molecule has 1 fully saturated rings. The van der Waals surface area contributed by atoms with E-state index in [4.69, 9.17) is 4.84 Å². The molecule has 0 spiro atoms.